The maximum Gasteiger partial charge on any atom is 0.339 e. The zero-order valence-corrected chi connectivity index (χ0v) is 13.0. The van der Waals surface area contributed by atoms with Crippen molar-refractivity contribution in [1.82, 2.24) is 9.97 Å². The van der Waals surface area contributed by atoms with Crippen LogP contribution in [0.2, 0.25) is 0 Å². The molecule has 0 radical (unpaired) electrons. The predicted octanol–water partition coefficient (Wildman–Crippen LogP) is 3.20. The van der Waals surface area contributed by atoms with Crippen LogP contribution < -0.4 is 10.1 Å². The monoisotopic (exact) mass is 313 g/mol. The molecule has 2 aromatic rings. The molecule has 2 N–H and O–H groups in total. The van der Waals surface area contributed by atoms with Gasteiger partial charge in [-0.05, 0) is 50.5 Å². The van der Waals surface area contributed by atoms with Crippen molar-refractivity contribution in [2.45, 2.75) is 32.2 Å². The van der Waals surface area contributed by atoms with E-state index in [1.807, 2.05) is 13.0 Å². The number of carbonyl (C=O) groups is 1. The normalized spacial score (nSPS) is 14.1. The number of anilines is 1. The third kappa shape index (κ3) is 3.41. The van der Waals surface area contributed by atoms with E-state index in [2.05, 4.69) is 15.3 Å². The number of nitrogens with zero attached hydrogens (tertiary/aromatic N) is 2. The average molecular weight is 313 g/mol. The molecule has 0 saturated heterocycles. The summed E-state index contributed by atoms with van der Waals surface area (Å²) in [5.41, 5.74) is 1.55. The Morgan fingerprint density at radius 3 is 2.87 bits per heavy atom. The number of nitrogens with one attached hydrogen (secondary N) is 1. The molecule has 6 heteroatoms. The van der Waals surface area contributed by atoms with Gasteiger partial charge in [0.25, 0.3) is 0 Å². The maximum absolute atomic E-state index is 11.4. The van der Waals surface area contributed by atoms with Gasteiger partial charge in [0, 0.05) is 17.8 Å². The Morgan fingerprint density at radius 2 is 2.22 bits per heavy atom. The van der Waals surface area contributed by atoms with Gasteiger partial charge in [0.15, 0.2) is 0 Å². The van der Waals surface area contributed by atoms with Crippen LogP contribution >= 0.6 is 0 Å². The Balaban J connectivity index is 1.89. The number of hydrogen-bond acceptors (Lipinski definition) is 5. The van der Waals surface area contributed by atoms with Crippen molar-refractivity contribution in [1.29, 1.82) is 0 Å². The molecule has 0 bridgehead atoms. The van der Waals surface area contributed by atoms with Crippen LogP contribution in [0, 0.1) is 0 Å². The number of hydrogen-bond donors (Lipinski definition) is 2. The molecular weight excluding hydrogens is 294 g/mol. The molecule has 0 unspecified atom stereocenters. The average Bonchev–Trinajstić information content (AvgIpc) is 2.52. The first-order chi connectivity index (χ1) is 11.2. The van der Waals surface area contributed by atoms with Crippen LogP contribution in [0.15, 0.2) is 30.5 Å². The van der Waals surface area contributed by atoms with Gasteiger partial charge in [-0.2, -0.15) is 0 Å². The quantitative estimate of drug-likeness (QED) is 0.852. The van der Waals surface area contributed by atoms with Gasteiger partial charge in [-0.15, -0.1) is 0 Å². The summed E-state index contributed by atoms with van der Waals surface area (Å²) < 4.78 is 5.36. The van der Waals surface area contributed by atoms with E-state index >= 15 is 0 Å². The maximum atomic E-state index is 11.4. The van der Waals surface area contributed by atoms with Crippen LogP contribution in [0.1, 0.15) is 36.5 Å². The first kappa shape index (κ1) is 15.3. The van der Waals surface area contributed by atoms with Crippen molar-refractivity contribution >= 4 is 11.9 Å². The Kier molecular flexibility index (Phi) is 4.41. The summed E-state index contributed by atoms with van der Waals surface area (Å²) in [4.78, 5) is 20.1. The fourth-order valence-electron chi connectivity index (χ4n) is 2.46. The first-order valence-electron chi connectivity index (χ1n) is 7.77. The summed E-state index contributed by atoms with van der Waals surface area (Å²) >= 11 is 0. The minimum absolute atomic E-state index is 0.136. The Morgan fingerprint density at radius 1 is 1.39 bits per heavy atom. The molecule has 120 valence electrons. The molecule has 23 heavy (non-hydrogen) atoms. The number of ether oxygens (including phenoxy) is 1. The van der Waals surface area contributed by atoms with E-state index in [-0.39, 0.29) is 5.56 Å². The smallest absolute Gasteiger partial charge is 0.339 e. The molecule has 3 rings (SSSR count). The third-order valence-corrected chi connectivity index (χ3v) is 3.90. The standard InChI is InChI=1S/C17H19N3O3/c1-2-23-15-7-6-11(10-13(15)16(21)22)14-8-9-18-17(20-14)19-12-4-3-5-12/h6-10,12H,2-5H2,1H3,(H,21,22)(H,18,19,20). The molecule has 0 atom stereocenters. The lowest BCUT2D eigenvalue weighted by Gasteiger charge is -2.26. The first-order valence-corrected chi connectivity index (χ1v) is 7.77. The Hall–Kier alpha value is -2.63. The lowest BCUT2D eigenvalue weighted by atomic mass is 9.93. The SMILES string of the molecule is CCOc1ccc(-c2ccnc(NC3CCC3)n2)cc1C(=O)O. The molecule has 1 heterocycles. The van der Waals surface area contributed by atoms with Crippen LogP contribution in [0.3, 0.4) is 0 Å². The number of carboxylic acid groups (broad SMARTS) is 1. The van der Waals surface area contributed by atoms with E-state index in [1.165, 1.54) is 6.42 Å². The van der Waals surface area contributed by atoms with E-state index in [9.17, 15) is 9.90 Å². The largest absolute Gasteiger partial charge is 0.493 e. The lowest BCUT2D eigenvalue weighted by molar-refractivity contribution is 0.0692. The van der Waals surface area contributed by atoms with Crippen LogP contribution in [-0.2, 0) is 0 Å². The van der Waals surface area contributed by atoms with Gasteiger partial charge in [-0.3, -0.25) is 0 Å². The highest BCUT2D eigenvalue weighted by Crippen LogP contribution is 2.27. The summed E-state index contributed by atoms with van der Waals surface area (Å²) in [5.74, 6) is -0.0687. The van der Waals surface area contributed by atoms with Gasteiger partial charge in [0.1, 0.15) is 11.3 Å². The number of aromatic carboxylic acids is 1. The molecule has 1 aromatic heterocycles. The van der Waals surface area contributed by atoms with Gasteiger partial charge >= 0.3 is 5.97 Å². The highest BCUT2D eigenvalue weighted by molar-refractivity contribution is 5.92. The molecule has 0 amide bonds. The Bertz CT molecular complexity index is 714. The van der Waals surface area contributed by atoms with Crippen LogP contribution in [0.4, 0.5) is 5.95 Å². The Labute approximate surface area is 134 Å². The summed E-state index contributed by atoms with van der Waals surface area (Å²) in [5, 5.41) is 12.6. The fourth-order valence-corrected chi connectivity index (χ4v) is 2.46. The molecule has 1 aliphatic carbocycles. The van der Waals surface area contributed by atoms with Crippen molar-refractivity contribution in [2.75, 3.05) is 11.9 Å². The molecule has 6 nitrogen and oxygen atoms in total. The van der Waals surface area contributed by atoms with Crippen LogP contribution in [0.5, 0.6) is 5.75 Å². The third-order valence-electron chi connectivity index (χ3n) is 3.90. The van der Waals surface area contributed by atoms with Gasteiger partial charge in [-0.1, -0.05) is 0 Å². The summed E-state index contributed by atoms with van der Waals surface area (Å²) in [6.45, 7) is 2.24. The van der Waals surface area contributed by atoms with Crippen molar-refractivity contribution < 1.29 is 14.6 Å². The van der Waals surface area contributed by atoms with Crippen molar-refractivity contribution in [3.8, 4) is 17.0 Å². The molecule has 1 aliphatic rings. The molecular formula is C17H19N3O3. The molecule has 1 saturated carbocycles. The molecule has 1 aromatic carbocycles. The van der Waals surface area contributed by atoms with E-state index in [0.717, 1.165) is 18.4 Å². The summed E-state index contributed by atoms with van der Waals surface area (Å²) in [6.07, 6.45) is 5.19. The summed E-state index contributed by atoms with van der Waals surface area (Å²) in [7, 11) is 0. The van der Waals surface area contributed by atoms with Crippen molar-refractivity contribution in [2.24, 2.45) is 0 Å². The minimum atomic E-state index is -1.02. The highest BCUT2D eigenvalue weighted by atomic mass is 16.5. The van der Waals surface area contributed by atoms with Gasteiger partial charge in [0.05, 0.1) is 12.3 Å². The van der Waals surface area contributed by atoms with Crippen molar-refractivity contribution in [3.63, 3.8) is 0 Å². The number of aromatic nitrogens is 2. The summed E-state index contributed by atoms with van der Waals surface area (Å²) in [6, 6.07) is 7.28. The van der Waals surface area contributed by atoms with Gasteiger partial charge in [0.2, 0.25) is 5.95 Å². The zero-order valence-electron chi connectivity index (χ0n) is 13.0. The minimum Gasteiger partial charge on any atom is -0.493 e. The topological polar surface area (TPSA) is 84.3 Å². The van der Waals surface area contributed by atoms with E-state index in [0.29, 0.717) is 30.0 Å². The zero-order chi connectivity index (χ0) is 16.2. The van der Waals surface area contributed by atoms with Gasteiger partial charge < -0.3 is 15.2 Å². The number of benzene rings is 1. The molecule has 0 aliphatic heterocycles. The second kappa shape index (κ2) is 6.64. The van der Waals surface area contributed by atoms with E-state index in [4.69, 9.17) is 4.74 Å². The lowest BCUT2D eigenvalue weighted by Crippen LogP contribution is -2.28. The molecule has 0 spiro atoms. The highest BCUT2D eigenvalue weighted by Gasteiger charge is 2.18. The van der Waals surface area contributed by atoms with E-state index < -0.39 is 5.97 Å². The molecule has 1 fully saturated rings. The van der Waals surface area contributed by atoms with Gasteiger partial charge in [-0.25, -0.2) is 14.8 Å². The fraction of sp³-hybridized carbons (Fsp3) is 0.353. The number of carboxylic acids is 1. The van der Waals surface area contributed by atoms with Crippen LogP contribution in [0.25, 0.3) is 11.3 Å². The van der Waals surface area contributed by atoms with Crippen LogP contribution in [-0.4, -0.2) is 33.7 Å². The van der Waals surface area contributed by atoms with E-state index in [1.54, 1.807) is 24.4 Å². The second-order valence-corrected chi connectivity index (χ2v) is 5.49. The predicted molar refractivity (Wildman–Crippen MR) is 86.9 cm³/mol. The number of rotatable bonds is 6. The second-order valence-electron chi connectivity index (χ2n) is 5.49. The van der Waals surface area contributed by atoms with Crippen molar-refractivity contribution in [3.05, 3.63) is 36.0 Å².